The van der Waals surface area contributed by atoms with E-state index in [1.54, 1.807) is 0 Å². The van der Waals surface area contributed by atoms with Crippen LogP contribution in [-0.4, -0.2) is 11.1 Å². The number of ether oxygens (including phenoxy) is 1. The van der Waals surface area contributed by atoms with Crippen molar-refractivity contribution in [1.82, 2.24) is 5.32 Å². The molecule has 0 amide bonds. The smallest absolute Gasteiger partial charge is 0.130 e. The third-order valence-corrected chi connectivity index (χ3v) is 3.76. The first kappa shape index (κ1) is 14.1. The van der Waals surface area contributed by atoms with Gasteiger partial charge in [-0.3, -0.25) is 0 Å². The summed E-state index contributed by atoms with van der Waals surface area (Å²) in [6.45, 7) is 3.00. The maximum absolute atomic E-state index is 9.06. The van der Waals surface area contributed by atoms with Crippen molar-refractivity contribution in [1.29, 1.82) is 0 Å². The molecule has 1 aliphatic rings. The minimum atomic E-state index is 0.0572. The molecular weight excluding hydrogens is 262 g/mol. The fourth-order valence-electron chi connectivity index (χ4n) is 2.20. The van der Waals surface area contributed by atoms with E-state index in [0.29, 0.717) is 6.04 Å². The molecule has 2 aromatic carbocycles. The van der Waals surface area contributed by atoms with Gasteiger partial charge in [0.1, 0.15) is 11.5 Å². The molecule has 1 fully saturated rings. The summed E-state index contributed by atoms with van der Waals surface area (Å²) < 4.78 is 5.96. The molecule has 0 saturated heterocycles. The summed E-state index contributed by atoms with van der Waals surface area (Å²) in [6, 6.07) is 14.6. The molecule has 0 spiro atoms. The van der Waals surface area contributed by atoms with Crippen molar-refractivity contribution in [3.63, 3.8) is 0 Å². The van der Waals surface area contributed by atoms with E-state index in [-0.39, 0.29) is 6.61 Å². The Morgan fingerprint density at radius 2 is 1.81 bits per heavy atom. The summed E-state index contributed by atoms with van der Waals surface area (Å²) in [4.78, 5) is 0. The molecule has 21 heavy (non-hydrogen) atoms. The molecule has 0 radical (unpaired) electrons. The predicted octanol–water partition coefficient (Wildman–Crippen LogP) is 3.53. The largest absolute Gasteiger partial charge is 0.457 e. The van der Waals surface area contributed by atoms with E-state index in [4.69, 9.17) is 9.84 Å². The molecule has 3 heteroatoms. The molecular formula is C18H21NO2. The van der Waals surface area contributed by atoms with Crippen LogP contribution < -0.4 is 10.1 Å². The van der Waals surface area contributed by atoms with Crippen LogP contribution >= 0.6 is 0 Å². The van der Waals surface area contributed by atoms with Gasteiger partial charge in [-0.05, 0) is 54.7 Å². The Balaban J connectivity index is 1.71. The monoisotopic (exact) mass is 283 g/mol. The van der Waals surface area contributed by atoms with Crippen LogP contribution in [0.3, 0.4) is 0 Å². The van der Waals surface area contributed by atoms with Crippen LogP contribution in [0.15, 0.2) is 42.5 Å². The van der Waals surface area contributed by atoms with Crippen LogP contribution in [0, 0.1) is 6.92 Å². The standard InChI is InChI=1S/C18H21NO2/c1-13-2-3-15(11-19-16-6-7-16)10-18(13)21-17-8-4-14(12-20)5-9-17/h2-5,8-10,16,19-20H,6-7,11-12H2,1H3. The van der Waals surface area contributed by atoms with Gasteiger partial charge in [0.05, 0.1) is 6.61 Å². The van der Waals surface area contributed by atoms with Crippen molar-refractivity contribution in [3.05, 3.63) is 59.2 Å². The number of rotatable bonds is 6. The second kappa shape index (κ2) is 6.29. The number of aryl methyl sites for hydroxylation is 1. The Morgan fingerprint density at radius 3 is 2.48 bits per heavy atom. The summed E-state index contributed by atoms with van der Waals surface area (Å²) in [5, 5.41) is 12.6. The lowest BCUT2D eigenvalue weighted by molar-refractivity contribution is 0.281. The minimum absolute atomic E-state index is 0.0572. The summed E-state index contributed by atoms with van der Waals surface area (Å²) in [5.74, 6) is 1.68. The topological polar surface area (TPSA) is 41.5 Å². The molecule has 3 rings (SSSR count). The maximum Gasteiger partial charge on any atom is 0.130 e. The van der Waals surface area contributed by atoms with Crippen molar-refractivity contribution < 1.29 is 9.84 Å². The molecule has 3 nitrogen and oxygen atoms in total. The zero-order valence-electron chi connectivity index (χ0n) is 12.3. The van der Waals surface area contributed by atoms with E-state index >= 15 is 0 Å². The van der Waals surface area contributed by atoms with Gasteiger partial charge in [-0.15, -0.1) is 0 Å². The van der Waals surface area contributed by atoms with Crippen molar-refractivity contribution in [2.24, 2.45) is 0 Å². The average Bonchev–Trinajstić information content (AvgIpc) is 3.33. The quantitative estimate of drug-likeness (QED) is 0.852. The van der Waals surface area contributed by atoms with Gasteiger partial charge in [-0.1, -0.05) is 24.3 Å². The van der Waals surface area contributed by atoms with Crippen LogP contribution in [0.4, 0.5) is 0 Å². The Kier molecular flexibility index (Phi) is 4.23. The van der Waals surface area contributed by atoms with Gasteiger partial charge in [0.25, 0.3) is 0 Å². The van der Waals surface area contributed by atoms with E-state index in [9.17, 15) is 0 Å². The first-order chi connectivity index (χ1) is 10.2. The number of nitrogens with one attached hydrogen (secondary N) is 1. The third-order valence-electron chi connectivity index (χ3n) is 3.76. The second-order valence-electron chi connectivity index (χ2n) is 5.66. The molecule has 2 N–H and O–H groups in total. The van der Waals surface area contributed by atoms with Gasteiger partial charge in [-0.2, -0.15) is 0 Å². The molecule has 1 saturated carbocycles. The summed E-state index contributed by atoms with van der Waals surface area (Å²) in [6.07, 6.45) is 2.60. The molecule has 0 aliphatic heterocycles. The third kappa shape index (κ3) is 3.84. The molecule has 0 atom stereocenters. The molecule has 0 bridgehead atoms. The van der Waals surface area contributed by atoms with Crippen molar-refractivity contribution >= 4 is 0 Å². The number of hydrogen-bond donors (Lipinski definition) is 2. The minimum Gasteiger partial charge on any atom is -0.457 e. The first-order valence-corrected chi connectivity index (χ1v) is 7.45. The number of aliphatic hydroxyl groups excluding tert-OH is 1. The Morgan fingerprint density at radius 1 is 1.10 bits per heavy atom. The molecule has 0 unspecified atom stereocenters. The lowest BCUT2D eigenvalue weighted by atomic mass is 10.1. The van der Waals surface area contributed by atoms with Crippen molar-refractivity contribution in [2.45, 2.75) is 39.0 Å². The molecule has 110 valence electrons. The second-order valence-corrected chi connectivity index (χ2v) is 5.66. The van der Waals surface area contributed by atoms with E-state index in [1.807, 2.05) is 24.3 Å². The number of benzene rings is 2. The van der Waals surface area contributed by atoms with E-state index in [2.05, 4.69) is 30.4 Å². The van der Waals surface area contributed by atoms with Crippen LogP contribution in [0.5, 0.6) is 11.5 Å². The van der Waals surface area contributed by atoms with E-state index in [1.165, 1.54) is 18.4 Å². The molecule has 0 aromatic heterocycles. The van der Waals surface area contributed by atoms with E-state index < -0.39 is 0 Å². The SMILES string of the molecule is Cc1ccc(CNC2CC2)cc1Oc1ccc(CO)cc1. The average molecular weight is 283 g/mol. The van der Waals surface area contributed by atoms with Gasteiger partial charge in [0.2, 0.25) is 0 Å². The highest BCUT2D eigenvalue weighted by atomic mass is 16.5. The lowest BCUT2D eigenvalue weighted by Crippen LogP contribution is -2.15. The van der Waals surface area contributed by atoms with Crippen molar-refractivity contribution in [3.8, 4) is 11.5 Å². The Hall–Kier alpha value is -1.84. The fraction of sp³-hybridized carbons (Fsp3) is 0.333. The highest BCUT2D eigenvalue weighted by Crippen LogP contribution is 2.27. The van der Waals surface area contributed by atoms with Crippen LogP contribution in [0.1, 0.15) is 29.5 Å². The van der Waals surface area contributed by atoms with Crippen LogP contribution in [0.25, 0.3) is 0 Å². The summed E-state index contributed by atoms with van der Waals surface area (Å²) >= 11 is 0. The Labute approximate surface area is 125 Å². The van der Waals surface area contributed by atoms with Gasteiger partial charge in [0, 0.05) is 12.6 Å². The van der Waals surface area contributed by atoms with Crippen LogP contribution in [0.2, 0.25) is 0 Å². The number of aliphatic hydroxyl groups is 1. The highest BCUT2D eigenvalue weighted by molar-refractivity contribution is 5.40. The maximum atomic E-state index is 9.06. The molecule has 1 aliphatic carbocycles. The van der Waals surface area contributed by atoms with Gasteiger partial charge in [-0.25, -0.2) is 0 Å². The van der Waals surface area contributed by atoms with Crippen molar-refractivity contribution in [2.75, 3.05) is 0 Å². The fourth-order valence-corrected chi connectivity index (χ4v) is 2.20. The zero-order valence-corrected chi connectivity index (χ0v) is 12.3. The normalized spacial score (nSPS) is 14.2. The van der Waals surface area contributed by atoms with Crippen LogP contribution in [-0.2, 0) is 13.2 Å². The lowest BCUT2D eigenvalue weighted by Gasteiger charge is -2.11. The van der Waals surface area contributed by atoms with Gasteiger partial charge in [0.15, 0.2) is 0 Å². The molecule has 2 aromatic rings. The zero-order chi connectivity index (χ0) is 14.7. The Bertz CT molecular complexity index is 603. The van der Waals surface area contributed by atoms with Gasteiger partial charge < -0.3 is 15.2 Å². The predicted molar refractivity (Wildman–Crippen MR) is 83.5 cm³/mol. The first-order valence-electron chi connectivity index (χ1n) is 7.45. The van der Waals surface area contributed by atoms with E-state index in [0.717, 1.165) is 29.2 Å². The summed E-state index contributed by atoms with van der Waals surface area (Å²) in [7, 11) is 0. The molecule has 0 heterocycles. The highest BCUT2D eigenvalue weighted by Gasteiger charge is 2.20. The van der Waals surface area contributed by atoms with Gasteiger partial charge >= 0.3 is 0 Å². The number of hydrogen-bond acceptors (Lipinski definition) is 3. The summed E-state index contributed by atoms with van der Waals surface area (Å²) in [5.41, 5.74) is 3.26.